The van der Waals surface area contributed by atoms with Crippen LogP contribution in [0.1, 0.15) is 16.1 Å². The zero-order chi connectivity index (χ0) is 13.0. The molecule has 1 aromatic heterocycles. The third-order valence-electron chi connectivity index (χ3n) is 3.27. The minimum Gasteiger partial charge on any atom is -0.335 e. The van der Waals surface area contributed by atoms with Gasteiger partial charge in [-0.05, 0) is 18.6 Å². The Kier molecular flexibility index (Phi) is 4.55. The maximum absolute atomic E-state index is 12.3. The second-order valence-corrected chi connectivity index (χ2v) is 4.87. The Morgan fingerprint density at radius 3 is 2.72 bits per heavy atom. The molecule has 0 N–H and O–H groups in total. The van der Waals surface area contributed by atoms with Gasteiger partial charge in [-0.25, -0.2) is 0 Å². The van der Waals surface area contributed by atoms with E-state index in [4.69, 9.17) is 11.6 Å². The van der Waals surface area contributed by atoms with Gasteiger partial charge in [0.15, 0.2) is 0 Å². The standard InChI is InChI=1S/C13H18ClN3O/c1-11-3-2-5-15-12(11)13(18)17-9-7-16(6-4-14)8-10-17/h2-3,5H,4,6-10H2,1H3. The summed E-state index contributed by atoms with van der Waals surface area (Å²) >= 11 is 5.72. The van der Waals surface area contributed by atoms with Gasteiger partial charge in [0, 0.05) is 44.8 Å². The second kappa shape index (κ2) is 6.16. The number of hydrogen-bond donors (Lipinski definition) is 0. The van der Waals surface area contributed by atoms with Crippen molar-refractivity contribution in [3.8, 4) is 0 Å². The van der Waals surface area contributed by atoms with Gasteiger partial charge in [0.25, 0.3) is 5.91 Å². The van der Waals surface area contributed by atoms with E-state index in [-0.39, 0.29) is 5.91 Å². The number of pyridine rings is 1. The third kappa shape index (κ3) is 3.00. The van der Waals surface area contributed by atoms with E-state index in [1.807, 2.05) is 24.0 Å². The number of piperazine rings is 1. The Bertz CT molecular complexity index is 416. The Labute approximate surface area is 113 Å². The van der Waals surface area contributed by atoms with Crippen molar-refractivity contribution in [3.63, 3.8) is 0 Å². The van der Waals surface area contributed by atoms with Crippen LogP contribution in [0.3, 0.4) is 0 Å². The van der Waals surface area contributed by atoms with Crippen LogP contribution < -0.4 is 0 Å². The average Bonchev–Trinajstić information content (AvgIpc) is 2.40. The summed E-state index contributed by atoms with van der Waals surface area (Å²) in [6, 6.07) is 3.77. The van der Waals surface area contributed by atoms with Gasteiger partial charge < -0.3 is 4.90 Å². The maximum atomic E-state index is 12.3. The van der Waals surface area contributed by atoms with Crippen LogP contribution >= 0.6 is 11.6 Å². The highest BCUT2D eigenvalue weighted by Gasteiger charge is 2.23. The van der Waals surface area contributed by atoms with E-state index in [2.05, 4.69) is 9.88 Å². The molecule has 2 rings (SSSR count). The predicted molar refractivity (Wildman–Crippen MR) is 72.0 cm³/mol. The van der Waals surface area contributed by atoms with Crippen molar-refractivity contribution < 1.29 is 4.79 Å². The second-order valence-electron chi connectivity index (χ2n) is 4.49. The Hall–Kier alpha value is -1.13. The van der Waals surface area contributed by atoms with E-state index < -0.39 is 0 Å². The van der Waals surface area contributed by atoms with E-state index in [1.54, 1.807) is 6.20 Å². The first-order valence-electron chi connectivity index (χ1n) is 6.21. The lowest BCUT2D eigenvalue weighted by atomic mass is 10.2. The third-order valence-corrected chi connectivity index (χ3v) is 3.44. The first-order chi connectivity index (χ1) is 8.72. The first-order valence-corrected chi connectivity index (χ1v) is 6.75. The summed E-state index contributed by atoms with van der Waals surface area (Å²) in [6.45, 7) is 6.11. The van der Waals surface area contributed by atoms with Crippen LogP contribution in [-0.2, 0) is 0 Å². The summed E-state index contributed by atoms with van der Waals surface area (Å²) < 4.78 is 0. The molecule has 1 aliphatic heterocycles. The lowest BCUT2D eigenvalue weighted by molar-refractivity contribution is 0.0638. The molecule has 1 aromatic rings. The fourth-order valence-electron chi connectivity index (χ4n) is 2.15. The summed E-state index contributed by atoms with van der Waals surface area (Å²) in [6.07, 6.45) is 1.67. The first kappa shape index (κ1) is 13.3. The molecular weight excluding hydrogens is 250 g/mol. The maximum Gasteiger partial charge on any atom is 0.272 e. The molecule has 0 bridgehead atoms. The zero-order valence-corrected chi connectivity index (χ0v) is 11.4. The van der Waals surface area contributed by atoms with Crippen molar-refractivity contribution in [1.29, 1.82) is 0 Å². The molecule has 18 heavy (non-hydrogen) atoms. The molecule has 1 amide bonds. The number of hydrogen-bond acceptors (Lipinski definition) is 3. The number of halogens is 1. The van der Waals surface area contributed by atoms with Gasteiger partial charge in [0.1, 0.15) is 5.69 Å². The molecule has 0 radical (unpaired) electrons. The number of aryl methyl sites for hydroxylation is 1. The van der Waals surface area contributed by atoms with Crippen LogP contribution in [0.4, 0.5) is 0 Å². The Morgan fingerprint density at radius 1 is 1.39 bits per heavy atom. The van der Waals surface area contributed by atoms with Gasteiger partial charge in [-0.2, -0.15) is 0 Å². The number of aromatic nitrogens is 1. The number of carbonyl (C=O) groups excluding carboxylic acids is 1. The van der Waals surface area contributed by atoms with Gasteiger partial charge in [-0.1, -0.05) is 6.07 Å². The van der Waals surface area contributed by atoms with Crippen molar-refractivity contribution in [3.05, 3.63) is 29.6 Å². The van der Waals surface area contributed by atoms with Crippen LogP contribution in [0.2, 0.25) is 0 Å². The van der Waals surface area contributed by atoms with Crippen LogP contribution in [0.5, 0.6) is 0 Å². The van der Waals surface area contributed by atoms with Crippen LogP contribution in [0.15, 0.2) is 18.3 Å². The molecule has 0 saturated carbocycles. The van der Waals surface area contributed by atoms with Crippen LogP contribution in [-0.4, -0.2) is 59.3 Å². The molecular formula is C13H18ClN3O. The summed E-state index contributed by atoms with van der Waals surface area (Å²) in [4.78, 5) is 20.6. The smallest absolute Gasteiger partial charge is 0.272 e. The quantitative estimate of drug-likeness (QED) is 0.777. The highest BCUT2D eigenvalue weighted by Crippen LogP contribution is 2.10. The molecule has 0 aliphatic carbocycles. The zero-order valence-electron chi connectivity index (χ0n) is 10.6. The van der Waals surface area contributed by atoms with E-state index in [1.165, 1.54) is 0 Å². The van der Waals surface area contributed by atoms with Gasteiger partial charge in [-0.15, -0.1) is 11.6 Å². The summed E-state index contributed by atoms with van der Waals surface area (Å²) in [5, 5.41) is 0. The topological polar surface area (TPSA) is 36.4 Å². The van der Waals surface area contributed by atoms with Crippen molar-refractivity contribution >= 4 is 17.5 Å². The fraction of sp³-hybridized carbons (Fsp3) is 0.538. The van der Waals surface area contributed by atoms with Gasteiger partial charge in [0.2, 0.25) is 0 Å². The molecule has 2 heterocycles. The molecule has 4 nitrogen and oxygen atoms in total. The van der Waals surface area contributed by atoms with E-state index in [0.717, 1.165) is 38.3 Å². The monoisotopic (exact) mass is 267 g/mol. The van der Waals surface area contributed by atoms with Crippen molar-refractivity contribution in [2.75, 3.05) is 38.6 Å². The van der Waals surface area contributed by atoms with Crippen molar-refractivity contribution in [2.45, 2.75) is 6.92 Å². The lowest BCUT2D eigenvalue weighted by Gasteiger charge is -2.34. The molecule has 0 unspecified atom stereocenters. The molecule has 0 atom stereocenters. The van der Waals surface area contributed by atoms with Crippen molar-refractivity contribution in [2.24, 2.45) is 0 Å². The van der Waals surface area contributed by atoms with E-state index >= 15 is 0 Å². The molecule has 0 aromatic carbocycles. The van der Waals surface area contributed by atoms with Crippen LogP contribution in [0, 0.1) is 6.92 Å². The SMILES string of the molecule is Cc1cccnc1C(=O)N1CCN(CCCl)CC1. The van der Waals surface area contributed by atoms with Gasteiger partial charge in [0.05, 0.1) is 0 Å². The molecule has 1 fully saturated rings. The molecule has 1 aliphatic rings. The minimum atomic E-state index is 0.0404. The highest BCUT2D eigenvalue weighted by atomic mass is 35.5. The average molecular weight is 268 g/mol. The largest absolute Gasteiger partial charge is 0.335 e. The number of rotatable bonds is 3. The van der Waals surface area contributed by atoms with E-state index in [0.29, 0.717) is 11.6 Å². The summed E-state index contributed by atoms with van der Waals surface area (Å²) in [5.74, 6) is 0.687. The summed E-state index contributed by atoms with van der Waals surface area (Å²) in [5.41, 5.74) is 1.51. The molecule has 5 heteroatoms. The number of nitrogens with zero attached hydrogens (tertiary/aromatic N) is 3. The Balaban J connectivity index is 1.98. The lowest BCUT2D eigenvalue weighted by Crippen LogP contribution is -2.49. The number of carbonyl (C=O) groups is 1. The Morgan fingerprint density at radius 2 is 2.11 bits per heavy atom. The minimum absolute atomic E-state index is 0.0404. The molecule has 1 saturated heterocycles. The van der Waals surface area contributed by atoms with Crippen molar-refractivity contribution in [1.82, 2.24) is 14.8 Å². The fourth-order valence-corrected chi connectivity index (χ4v) is 2.39. The van der Waals surface area contributed by atoms with E-state index in [9.17, 15) is 4.79 Å². The number of amides is 1. The predicted octanol–water partition coefficient (Wildman–Crippen LogP) is 1.39. The van der Waals surface area contributed by atoms with Crippen LogP contribution in [0.25, 0.3) is 0 Å². The number of alkyl halides is 1. The van der Waals surface area contributed by atoms with Gasteiger partial charge >= 0.3 is 0 Å². The highest BCUT2D eigenvalue weighted by molar-refractivity contribution is 6.18. The summed E-state index contributed by atoms with van der Waals surface area (Å²) in [7, 11) is 0. The normalized spacial score (nSPS) is 16.9. The van der Waals surface area contributed by atoms with Gasteiger partial charge in [-0.3, -0.25) is 14.7 Å². The molecule has 98 valence electrons. The molecule has 0 spiro atoms.